The highest BCUT2D eigenvalue weighted by Gasteiger charge is 2.21. The van der Waals surface area contributed by atoms with E-state index in [-0.39, 0.29) is 0 Å². The summed E-state index contributed by atoms with van der Waals surface area (Å²) < 4.78 is 2.39. The maximum atomic E-state index is 5.49. The lowest BCUT2D eigenvalue weighted by Crippen LogP contribution is -1.94. The minimum Gasteiger partial charge on any atom is -0.309 e. The Morgan fingerprint density at radius 3 is 1.56 bits per heavy atom. The van der Waals surface area contributed by atoms with Crippen molar-refractivity contribution in [3.63, 3.8) is 0 Å². The van der Waals surface area contributed by atoms with E-state index in [1.807, 2.05) is 0 Å². The number of benzene rings is 11. The maximum absolute atomic E-state index is 5.49. The lowest BCUT2D eigenvalue weighted by atomic mass is 9.85. The molecule has 0 bridgehead atoms. The van der Waals surface area contributed by atoms with Crippen LogP contribution in [0, 0.1) is 0 Å². The highest BCUT2D eigenvalue weighted by atomic mass is 15.0. The van der Waals surface area contributed by atoms with E-state index < -0.39 is 0 Å². The lowest BCUT2D eigenvalue weighted by Gasteiger charge is -2.18. The molecule has 292 valence electrons. The molecule has 0 spiro atoms. The Morgan fingerprint density at radius 1 is 0.286 bits per heavy atom. The third kappa shape index (κ3) is 5.55. The number of fused-ring (bicyclic) bond motifs is 10. The van der Waals surface area contributed by atoms with E-state index >= 15 is 0 Å². The number of hydrogen-bond donors (Lipinski definition) is 0. The summed E-state index contributed by atoms with van der Waals surface area (Å²) in [4.78, 5) is 5.49. The van der Waals surface area contributed by atoms with E-state index in [0.29, 0.717) is 0 Å². The summed E-state index contributed by atoms with van der Waals surface area (Å²) in [5.41, 5.74) is 13.9. The van der Waals surface area contributed by atoms with E-state index in [1.54, 1.807) is 0 Å². The second-order valence-electron chi connectivity index (χ2n) is 16.6. The summed E-state index contributed by atoms with van der Waals surface area (Å²) in [7, 11) is 0. The number of rotatable bonds is 5. The highest BCUT2D eigenvalue weighted by molar-refractivity contribution is 6.28. The third-order valence-corrected chi connectivity index (χ3v) is 13.1. The largest absolute Gasteiger partial charge is 0.309 e. The van der Waals surface area contributed by atoms with Crippen molar-refractivity contribution in [2.75, 3.05) is 0 Å². The fraction of sp³-hybridized carbons (Fsp3) is 0. The Balaban J connectivity index is 0.991. The van der Waals surface area contributed by atoms with Gasteiger partial charge >= 0.3 is 0 Å². The molecule has 0 saturated heterocycles. The van der Waals surface area contributed by atoms with Gasteiger partial charge in [0.15, 0.2) is 0 Å². The van der Waals surface area contributed by atoms with Gasteiger partial charge in [0.25, 0.3) is 0 Å². The fourth-order valence-corrected chi connectivity index (χ4v) is 10.3. The van der Waals surface area contributed by atoms with Gasteiger partial charge in [0.1, 0.15) is 0 Å². The van der Waals surface area contributed by atoms with Gasteiger partial charge in [-0.15, -0.1) is 0 Å². The monoisotopic (exact) mass is 798 g/mol. The molecule has 13 rings (SSSR count). The average molecular weight is 799 g/mol. The van der Waals surface area contributed by atoms with Gasteiger partial charge in [-0.1, -0.05) is 188 Å². The SMILES string of the molecule is c1ccc(-c2nc3ccc(-c4ccc(-c5c6ccccc6c(-c6ccc7ccccc7c6)c6ccccc56)cc4)cc3c3ccc4c(c5ccccc5n4-c4ccccc4)c23)cc1. The number of pyridine rings is 1. The first kappa shape index (κ1) is 35.4. The molecule has 2 heteroatoms. The van der Waals surface area contributed by atoms with Crippen molar-refractivity contribution in [3.8, 4) is 50.3 Å². The molecule has 0 aliphatic heterocycles. The Labute approximate surface area is 364 Å². The van der Waals surface area contributed by atoms with E-state index in [0.717, 1.165) is 33.4 Å². The third-order valence-electron chi connectivity index (χ3n) is 13.1. The van der Waals surface area contributed by atoms with Gasteiger partial charge in [0.05, 0.1) is 22.2 Å². The van der Waals surface area contributed by atoms with Crippen LogP contribution in [0.3, 0.4) is 0 Å². The van der Waals surface area contributed by atoms with Crippen LogP contribution in [0.15, 0.2) is 231 Å². The summed E-state index contributed by atoms with van der Waals surface area (Å²) in [6, 6.07) is 84.0. The maximum Gasteiger partial charge on any atom is 0.0795 e. The van der Waals surface area contributed by atoms with Gasteiger partial charge < -0.3 is 4.57 Å². The molecule has 2 nitrogen and oxygen atoms in total. The van der Waals surface area contributed by atoms with Gasteiger partial charge in [0.2, 0.25) is 0 Å². The molecule has 0 saturated carbocycles. The molecule has 0 aliphatic carbocycles. The number of para-hydroxylation sites is 2. The first-order valence-corrected chi connectivity index (χ1v) is 21.7. The van der Waals surface area contributed by atoms with Gasteiger partial charge in [-0.2, -0.15) is 0 Å². The normalized spacial score (nSPS) is 11.8. The van der Waals surface area contributed by atoms with Gasteiger partial charge in [-0.25, -0.2) is 4.98 Å². The van der Waals surface area contributed by atoms with Gasteiger partial charge in [-0.3, -0.25) is 0 Å². The minimum absolute atomic E-state index is 0.984. The lowest BCUT2D eigenvalue weighted by molar-refractivity contribution is 1.18. The van der Waals surface area contributed by atoms with Crippen LogP contribution in [0.25, 0.3) is 126 Å². The molecule has 0 fully saturated rings. The smallest absolute Gasteiger partial charge is 0.0795 e. The minimum atomic E-state index is 0.984. The fourth-order valence-electron chi connectivity index (χ4n) is 10.3. The van der Waals surface area contributed by atoms with Crippen molar-refractivity contribution in [1.82, 2.24) is 9.55 Å². The molecule has 13 aromatic rings. The first-order chi connectivity index (χ1) is 31.3. The molecular weight excluding hydrogens is 761 g/mol. The molecule has 11 aromatic carbocycles. The molecule has 0 N–H and O–H groups in total. The Hall–Kier alpha value is -8.33. The average Bonchev–Trinajstić information content (AvgIpc) is 3.70. The summed E-state index contributed by atoms with van der Waals surface area (Å²) in [6.45, 7) is 0. The number of hydrogen-bond acceptors (Lipinski definition) is 1. The predicted octanol–water partition coefficient (Wildman–Crippen LogP) is 16.6. The molecule has 0 aliphatic rings. The molecule has 2 heterocycles. The molecule has 0 unspecified atom stereocenters. The van der Waals surface area contributed by atoms with Crippen molar-refractivity contribution in [1.29, 1.82) is 0 Å². The molecule has 0 amide bonds. The number of aromatic nitrogens is 2. The molecular formula is C61H38N2. The number of nitrogens with zero attached hydrogens (tertiary/aromatic N) is 2. The molecule has 0 radical (unpaired) electrons. The molecule has 63 heavy (non-hydrogen) atoms. The van der Waals surface area contributed by atoms with Crippen LogP contribution in [0.1, 0.15) is 0 Å². The van der Waals surface area contributed by atoms with Crippen molar-refractivity contribution < 1.29 is 0 Å². The van der Waals surface area contributed by atoms with Crippen LogP contribution in [0.4, 0.5) is 0 Å². The summed E-state index contributed by atoms with van der Waals surface area (Å²) >= 11 is 0. The zero-order chi connectivity index (χ0) is 41.4. The zero-order valence-electron chi connectivity index (χ0n) is 34.3. The standard InChI is InChI=1S/C61H38N2/c1-3-16-42(17-4-1)61-60-51(34-36-56-59(60)52-25-13-14-26-55(52)63(56)46-19-5-2-6-20-46)53-38-44(33-35-54(53)62-61)40-27-30-41(31-28-40)57-47-21-9-11-23-49(47)58(50-24-12-10-22-48(50)57)45-32-29-39-15-7-8-18-43(39)37-45/h1-38H. The van der Waals surface area contributed by atoms with Crippen molar-refractivity contribution in [3.05, 3.63) is 231 Å². The van der Waals surface area contributed by atoms with E-state index in [9.17, 15) is 0 Å². The summed E-state index contributed by atoms with van der Waals surface area (Å²) in [5.74, 6) is 0. The highest BCUT2D eigenvalue weighted by Crippen LogP contribution is 2.46. The van der Waals surface area contributed by atoms with Crippen LogP contribution in [-0.4, -0.2) is 9.55 Å². The van der Waals surface area contributed by atoms with Crippen LogP contribution in [-0.2, 0) is 0 Å². The van der Waals surface area contributed by atoms with Crippen molar-refractivity contribution >= 4 is 75.8 Å². The Kier molecular flexibility index (Phi) is 7.94. The Bertz CT molecular complexity index is 3880. The summed E-state index contributed by atoms with van der Waals surface area (Å²) in [6.07, 6.45) is 0. The van der Waals surface area contributed by atoms with E-state index in [2.05, 4.69) is 235 Å². The van der Waals surface area contributed by atoms with Crippen LogP contribution >= 0.6 is 0 Å². The van der Waals surface area contributed by atoms with Crippen LogP contribution < -0.4 is 0 Å². The van der Waals surface area contributed by atoms with E-state index in [1.165, 1.54) is 92.7 Å². The topological polar surface area (TPSA) is 17.8 Å². The second kappa shape index (κ2) is 14.1. The van der Waals surface area contributed by atoms with Crippen molar-refractivity contribution in [2.45, 2.75) is 0 Å². The quantitative estimate of drug-likeness (QED) is 0.125. The zero-order valence-corrected chi connectivity index (χ0v) is 34.3. The Morgan fingerprint density at radius 2 is 0.841 bits per heavy atom. The van der Waals surface area contributed by atoms with Gasteiger partial charge in [-0.05, 0) is 114 Å². The van der Waals surface area contributed by atoms with Crippen LogP contribution in [0.5, 0.6) is 0 Å². The van der Waals surface area contributed by atoms with Crippen LogP contribution in [0.2, 0.25) is 0 Å². The molecule has 0 atom stereocenters. The first-order valence-electron chi connectivity index (χ1n) is 21.7. The second-order valence-corrected chi connectivity index (χ2v) is 16.6. The van der Waals surface area contributed by atoms with Crippen molar-refractivity contribution in [2.24, 2.45) is 0 Å². The molecule has 2 aromatic heterocycles. The van der Waals surface area contributed by atoms with E-state index in [4.69, 9.17) is 4.98 Å². The van der Waals surface area contributed by atoms with Gasteiger partial charge in [0, 0.05) is 32.8 Å². The predicted molar refractivity (Wildman–Crippen MR) is 268 cm³/mol. The summed E-state index contributed by atoms with van der Waals surface area (Å²) in [5, 5.41) is 13.5.